The number of rotatable bonds is 4. The second-order valence-electron chi connectivity index (χ2n) is 3.95. The van der Waals surface area contributed by atoms with E-state index in [4.69, 9.17) is 0 Å². The first-order chi connectivity index (χ1) is 8.77. The van der Waals surface area contributed by atoms with Crippen LogP contribution < -0.4 is 10.6 Å². The Morgan fingerprint density at radius 3 is 1.78 bits per heavy atom. The molecular formula is C15H16NOP. The molecule has 0 aromatic heterocycles. The lowest BCUT2D eigenvalue weighted by molar-refractivity contribution is 0.588. The molecule has 0 spiro atoms. The molecule has 18 heavy (non-hydrogen) atoms. The highest BCUT2D eigenvalue weighted by Crippen LogP contribution is 2.44. The molecule has 0 saturated carbocycles. The van der Waals surface area contributed by atoms with Crippen molar-refractivity contribution in [1.29, 1.82) is 0 Å². The Labute approximate surface area is 108 Å². The van der Waals surface area contributed by atoms with Crippen molar-refractivity contribution in [3.05, 3.63) is 60.7 Å². The summed E-state index contributed by atoms with van der Waals surface area (Å²) < 4.78 is 17.5. The molecule has 2 aromatic carbocycles. The summed E-state index contributed by atoms with van der Waals surface area (Å²) in [7, 11) is -2.87. The molecular weight excluding hydrogens is 241 g/mol. The first kappa shape index (κ1) is 12.8. The minimum absolute atomic E-state index is 0.779. The van der Waals surface area contributed by atoms with Crippen LogP contribution in [0.5, 0.6) is 0 Å². The first-order valence-corrected chi connectivity index (χ1v) is 7.68. The minimum atomic E-state index is -2.87. The third-order valence-corrected chi connectivity index (χ3v) is 5.12. The van der Waals surface area contributed by atoms with Crippen molar-refractivity contribution in [3.63, 3.8) is 0 Å². The van der Waals surface area contributed by atoms with E-state index in [1.807, 2.05) is 67.6 Å². The van der Waals surface area contributed by atoms with Crippen LogP contribution >= 0.6 is 7.29 Å². The summed E-state index contributed by atoms with van der Waals surface area (Å²) in [6.07, 6.45) is 2.52. The Bertz CT molecular complexity index is 520. The summed E-state index contributed by atoms with van der Waals surface area (Å²) in [4.78, 5) is 0. The summed E-state index contributed by atoms with van der Waals surface area (Å²) in [6.45, 7) is 1.99. The van der Waals surface area contributed by atoms with Crippen LogP contribution in [0.25, 0.3) is 0 Å². The van der Waals surface area contributed by atoms with E-state index in [1.54, 1.807) is 6.21 Å². The van der Waals surface area contributed by atoms with E-state index >= 15 is 0 Å². The van der Waals surface area contributed by atoms with Gasteiger partial charge in [0, 0.05) is 16.8 Å². The van der Waals surface area contributed by atoms with E-state index < -0.39 is 7.29 Å². The molecule has 2 rings (SSSR count). The largest absolute Gasteiger partial charge is 0.288 e. The Hall–Kier alpha value is -1.66. The van der Waals surface area contributed by atoms with E-state index in [1.165, 1.54) is 0 Å². The van der Waals surface area contributed by atoms with Gasteiger partial charge < -0.3 is 0 Å². The summed E-state index contributed by atoms with van der Waals surface area (Å²) in [5.41, 5.74) is 0. The zero-order valence-corrected chi connectivity index (χ0v) is 11.3. The molecule has 0 heterocycles. The predicted octanol–water partition coefficient (Wildman–Crippen LogP) is 3.40. The molecule has 0 N–H and O–H groups in total. The lowest BCUT2D eigenvalue weighted by Gasteiger charge is -2.14. The molecule has 92 valence electrons. The third kappa shape index (κ3) is 2.60. The first-order valence-electron chi connectivity index (χ1n) is 6.02. The zero-order valence-electron chi connectivity index (χ0n) is 10.4. The highest BCUT2D eigenvalue weighted by atomic mass is 31.2. The molecule has 0 aliphatic carbocycles. The van der Waals surface area contributed by atoms with Gasteiger partial charge in [0.25, 0.3) is 0 Å². The van der Waals surface area contributed by atoms with Crippen LogP contribution in [0.1, 0.15) is 13.3 Å². The van der Waals surface area contributed by atoms with Gasteiger partial charge in [0.15, 0.2) is 0 Å². The molecule has 2 nitrogen and oxygen atoms in total. The van der Waals surface area contributed by atoms with E-state index in [0.29, 0.717) is 0 Å². The lowest BCUT2D eigenvalue weighted by atomic mass is 10.4. The molecule has 3 heteroatoms. The van der Waals surface area contributed by atoms with Gasteiger partial charge >= 0.3 is 0 Å². The van der Waals surface area contributed by atoms with Crippen molar-refractivity contribution in [3.8, 4) is 0 Å². The van der Waals surface area contributed by atoms with Gasteiger partial charge in [-0.15, -0.1) is 0 Å². The highest BCUT2D eigenvalue weighted by molar-refractivity contribution is 7.77. The van der Waals surface area contributed by atoms with Crippen LogP contribution in [0.2, 0.25) is 0 Å². The van der Waals surface area contributed by atoms with Crippen molar-refractivity contribution < 1.29 is 4.57 Å². The van der Waals surface area contributed by atoms with E-state index in [2.05, 4.69) is 4.76 Å². The maximum atomic E-state index is 13.2. The smallest absolute Gasteiger partial charge is 0.247 e. The van der Waals surface area contributed by atoms with Crippen molar-refractivity contribution in [2.24, 2.45) is 4.76 Å². The molecule has 0 saturated heterocycles. The molecule has 0 aliphatic rings. The SMILES string of the molecule is CCC=NP(=O)(c1ccccc1)c1ccccc1. The van der Waals surface area contributed by atoms with Gasteiger partial charge in [-0.3, -0.25) is 4.57 Å². The van der Waals surface area contributed by atoms with Gasteiger partial charge in [0.05, 0.1) is 0 Å². The highest BCUT2D eigenvalue weighted by Gasteiger charge is 2.25. The topological polar surface area (TPSA) is 29.4 Å². The average molecular weight is 257 g/mol. The number of nitrogens with zero attached hydrogens (tertiary/aromatic N) is 1. The fraction of sp³-hybridized carbons (Fsp3) is 0.133. The van der Waals surface area contributed by atoms with E-state index in [-0.39, 0.29) is 0 Å². The summed E-state index contributed by atoms with van der Waals surface area (Å²) in [6, 6.07) is 18.9. The van der Waals surface area contributed by atoms with Gasteiger partial charge in [-0.2, -0.15) is 0 Å². The van der Waals surface area contributed by atoms with Gasteiger partial charge in [-0.05, 0) is 30.7 Å². The van der Waals surface area contributed by atoms with E-state index in [9.17, 15) is 4.57 Å². The Morgan fingerprint density at radius 1 is 0.944 bits per heavy atom. The molecule has 0 radical (unpaired) electrons. The van der Waals surface area contributed by atoms with Crippen molar-refractivity contribution in [2.75, 3.05) is 0 Å². The number of hydrogen-bond donors (Lipinski definition) is 0. The zero-order chi connectivity index (χ0) is 12.8. The Morgan fingerprint density at radius 2 is 1.39 bits per heavy atom. The summed E-state index contributed by atoms with van der Waals surface area (Å²) in [5, 5.41) is 1.56. The monoisotopic (exact) mass is 257 g/mol. The number of benzene rings is 2. The maximum absolute atomic E-state index is 13.2. The molecule has 0 unspecified atom stereocenters. The van der Waals surface area contributed by atoms with Crippen LogP contribution in [-0.2, 0) is 4.57 Å². The Kier molecular flexibility index (Phi) is 4.11. The van der Waals surface area contributed by atoms with Gasteiger partial charge in [0.2, 0.25) is 7.29 Å². The predicted molar refractivity (Wildman–Crippen MR) is 78.5 cm³/mol. The van der Waals surface area contributed by atoms with Gasteiger partial charge in [-0.1, -0.05) is 43.3 Å². The van der Waals surface area contributed by atoms with Crippen molar-refractivity contribution in [1.82, 2.24) is 0 Å². The second kappa shape index (κ2) is 5.79. The molecule has 0 fully saturated rings. The Balaban J connectivity index is 2.56. The van der Waals surface area contributed by atoms with Gasteiger partial charge in [-0.25, -0.2) is 4.76 Å². The fourth-order valence-electron chi connectivity index (χ4n) is 1.74. The van der Waals surface area contributed by atoms with E-state index in [0.717, 1.165) is 17.0 Å². The van der Waals surface area contributed by atoms with Crippen LogP contribution in [0.4, 0.5) is 0 Å². The average Bonchev–Trinajstić information content (AvgIpc) is 2.46. The van der Waals surface area contributed by atoms with Crippen LogP contribution in [0, 0.1) is 0 Å². The van der Waals surface area contributed by atoms with Gasteiger partial charge in [0.1, 0.15) is 0 Å². The summed E-state index contributed by atoms with van der Waals surface area (Å²) in [5.74, 6) is 0. The molecule has 0 aliphatic heterocycles. The van der Waals surface area contributed by atoms with Crippen LogP contribution in [0.3, 0.4) is 0 Å². The molecule has 0 atom stereocenters. The molecule has 0 amide bonds. The molecule has 0 bridgehead atoms. The lowest BCUT2D eigenvalue weighted by Crippen LogP contribution is -2.14. The standard InChI is InChI=1S/C15H16NOP/c1-2-13-16-18(17,14-9-5-3-6-10-14)15-11-7-4-8-12-15/h3-13H,2H2,1H3. The van der Waals surface area contributed by atoms with Crippen molar-refractivity contribution in [2.45, 2.75) is 13.3 Å². The second-order valence-corrected chi connectivity index (χ2v) is 6.37. The van der Waals surface area contributed by atoms with Crippen molar-refractivity contribution >= 4 is 24.1 Å². The normalized spacial score (nSPS) is 11.8. The number of hydrogen-bond acceptors (Lipinski definition) is 1. The third-order valence-electron chi connectivity index (χ3n) is 2.64. The summed E-state index contributed by atoms with van der Waals surface area (Å²) >= 11 is 0. The minimum Gasteiger partial charge on any atom is -0.288 e. The quantitative estimate of drug-likeness (QED) is 0.609. The maximum Gasteiger partial charge on any atom is 0.247 e. The van der Waals surface area contributed by atoms with Crippen LogP contribution in [-0.4, -0.2) is 6.21 Å². The fourth-order valence-corrected chi connectivity index (χ4v) is 3.85. The molecule has 2 aromatic rings. The van der Waals surface area contributed by atoms with Crippen LogP contribution in [0.15, 0.2) is 65.4 Å².